The van der Waals surface area contributed by atoms with Gasteiger partial charge in [0.2, 0.25) is 0 Å². The summed E-state index contributed by atoms with van der Waals surface area (Å²) < 4.78 is 23.6. The molecule has 6 heteroatoms. The van der Waals surface area contributed by atoms with Gasteiger partial charge in [-0.2, -0.15) is 0 Å². The van der Waals surface area contributed by atoms with Crippen LogP contribution in [0.15, 0.2) is 18.2 Å². The first-order valence-corrected chi connectivity index (χ1v) is 6.86. The van der Waals surface area contributed by atoms with Crippen LogP contribution in [0.25, 0.3) is 0 Å². The van der Waals surface area contributed by atoms with E-state index in [0.29, 0.717) is 24.3 Å². The van der Waals surface area contributed by atoms with Crippen LogP contribution >= 0.6 is 0 Å². The molecule has 1 aromatic rings. The largest absolute Gasteiger partial charge is 0.451 e. The Balaban J connectivity index is 1.89. The van der Waals surface area contributed by atoms with Crippen molar-refractivity contribution in [3.63, 3.8) is 0 Å². The van der Waals surface area contributed by atoms with Gasteiger partial charge in [0, 0.05) is 12.3 Å². The molecule has 0 aliphatic carbocycles. The predicted molar refractivity (Wildman–Crippen MR) is 74.3 cm³/mol. The number of carbonyl (C=O) groups is 2. The highest BCUT2D eigenvalue weighted by molar-refractivity contribution is 5.95. The summed E-state index contributed by atoms with van der Waals surface area (Å²) in [5.41, 5.74) is 0.814. The molecule has 0 saturated carbocycles. The minimum absolute atomic E-state index is 0.322. The van der Waals surface area contributed by atoms with E-state index in [4.69, 9.17) is 9.47 Å². The van der Waals surface area contributed by atoms with Crippen LogP contribution in [-0.4, -0.2) is 30.7 Å². The summed E-state index contributed by atoms with van der Waals surface area (Å²) in [4.78, 5) is 23.6. The third-order valence-electron chi connectivity index (χ3n) is 3.29. The van der Waals surface area contributed by atoms with Crippen LogP contribution in [0.5, 0.6) is 0 Å². The highest BCUT2D eigenvalue weighted by Gasteiger charge is 2.28. The first-order valence-electron chi connectivity index (χ1n) is 6.86. The molecular formula is C15H18FNO4. The summed E-state index contributed by atoms with van der Waals surface area (Å²) in [6.07, 6.45) is -0.137. The molecule has 1 heterocycles. The number of benzene rings is 1. The van der Waals surface area contributed by atoms with Crippen LogP contribution in [0.1, 0.15) is 25.3 Å². The Morgan fingerprint density at radius 3 is 2.86 bits per heavy atom. The van der Waals surface area contributed by atoms with Crippen molar-refractivity contribution in [1.29, 1.82) is 0 Å². The van der Waals surface area contributed by atoms with Gasteiger partial charge in [0.15, 0.2) is 12.2 Å². The number of esters is 1. The maximum atomic E-state index is 13.4. The number of anilines is 1. The van der Waals surface area contributed by atoms with E-state index in [2.05, 4.69) is 5.32 Å². The second-order valence-corrected chi connectivity index (χ2v) is 5.03. The summed E-state index contributed by atoms with van der Waals surface area (Å²) in [7, 11) is 0. The molecule has 2 atom stereocenters. The van der Waals surface area contributed by atoms with E-state index in [1.807, 2.05) is 0 Å². The number of rotatable bonds is 4. The molecule has 2 rings (SSSR count). The average molecular weight is 295 g/mol. The molecule has 5 nitrogen and oxygen atoms in total. The number of hydrogen-bond donors (Lipinski definition) is 1. The maximum absolute atomic E-state index is 13.4. The quantitative estimate of drug-likeness (QED) is 0.865. The first kappa shape index (κ1) is 15.4. The molecule has 0 spiro atoms. The van der Waals surface area contributed by atoms with Crippen molar-refractivity contribution in [3.05, 3.63) is 29.6 Å². The van der Waals surface area contributed by atoms with E-state index >= 15 is 0 Å². The van der Waals surface area contributed by atoms with E-state index < -0.39 is 29.9 Å². The van der Waals surface area contributed by atoms with E-state index in [1.54, 1.807) is 19.1 Å². The fraction of sp³-hybridized carbons (Fsp3) is 0.467. The molecule has 114 valence electrons. The molecule has 1 fully saturated rings. The number of aryl methyl sites for hydroxylation is 1. The molecule has 1 aromatic carbocycles. The summed E-state index contributed by atoms with van der Waals surface area (Å²) in [6.45, 7) is 3.63. The van der Waals surface area contributed by atoms with Gasteiger partial charge < -0.3 is 14.8 Å². The second kappa shape index (κ2) is 6.67. The van der Waals surface area contributed by atoms with Gasteiger partial charge in [0.05, 0.1) is 0 Å². The summed E-state index contributed by atoms with van der Waals surface area (Å²) in [5, 5.41) is 2.51. The molecule has 1 N–H and O–H groups in total. The Hall–Kier alpha value is -1.95. The highest BCUT2D eigenvalue weighted by Crippen LogP contribution is 2.16. The first-order chi connectivity index (χ1) is 9.97. The lowest BCUT2D eigenvalue weighted by molar-refractivity contribution is -0.162. The molecule has 0 radical (unpaired) electrons. The van der Waals surface area contributed by atoms with E-state index in [9.17, 15) is 14.0 Å². The van der Waals surface area contributed by atoms with E-state index in [0.717, 1.165) is 6.42 Å². The lowest BCUT2D eigenvalue weighted by atomic mass is 10.2. The Bertz CT molecular complexity index is 540. The second-order valence-electron chi connectivity index (χ2n) is 5.03. The van der Waals surface area contributed by atoms with Crippen LogP contribution in [0.4, 0.5) is 10.1 Å². The lowest BCUT2D eigenvalue weighted by Crippen LogP contribution is -2.34. The SMILES string of the molecule is Cc1ccc(NC(=O)[C@@H](C)OC(=O)[C@H]2CCCO2)cc1F. The molecule has 0 aromatic heterocycles. The number of amides is 1. The fourth-order valence-electron chi connectivity index (χ4n) is 1.98. The summed E-state index contributed by atoms with van der Waals surface area (Å²) >= 11 is 0. The van der Waals surface area contributed by atoms with Crippen molar-refractivity contribution in [2.24, 2.45) is 0 Å². The average Bonchev–Trinajstić information content (AvgIpc) is 2.97. The van der Waals surface area contributed by atoms with Gasteiger partial charge >= 0.3 is 5.97 Å². The minimum atomic E-state index is -0.967. The molecule has 1 amide bonds. The molecule has 1 saturated heterocycles. The smallest absolute Gasteiger partial charge is 0.336 e. The van der Waals surface area contributed by atoms with Crippen LogP contribution in [-0.2, 0) is 19.1 Å². The zero-order valence-corrected chi connectivity index (χ0v) is 12.0. The molecule has 21 heavy (non-hydrogen) atoms. The topological polar surface area (TPSA) is 64.6 Å². The van der Waals surface area contributed by atoms with Gasteiger partial charge in [-0.25, -0.2) is 9.18 Å². The van der Waals surface area contributed by atoms with Crippen molar-refractivity contribution >= 4 is 17.6 Å². The van der Waals surface area contributed by atoms with Crippen LogP contribution in [0, 0.1) is 12.7 Å². The lowest BCUT2D eigenvalue weighted by Gasteiger charge is -2.16. The standard InChI is InChI=1S/C15H18FNO4/c1-9-5-6-11(8-12(9)16)17-14(18)10(2)21-15(19)13-4-3-7-20-13/h5-6,8,10,13H,3-4,7H2,1-2H3,(H,17,18)/t10-,13-/m1/s1. The van der Waals surface area contributed by atoms with Crippen LogP contribution in [0.3, 0.4) is 0 Å². The summed E-state index contributed by atoms with van der Waals surface area (Å²) in [6, 6.07) is 4.38. The summed E-state index contributed by atoms with van der Waals surface area (Å²) in [5.74, 6) is -1.45. The van der Waals surface area contributed by atoms with Crippen molar-refractivity contribution < 1.29 is 23.5 Å². The zero-order chi connectivity index (χ0) is 15.4. The van der Waals surface area contributed by atoms with Crippen molar-refractivity contribution in [1.82, 2.24) is 0 Å². The third-order valence-corrected chi connectivity index (χ3v) is 3.29. The van der Waals surface area contributed by atoms with Crippen LogP contribution < -0.4 is 5.32 Å². The van der Waals surface area contributed by atoms with Gasteiger partial charge in [-0.15, -0.1) is 0 Å². The van der Waals surface area contributed by atoms with Gasteiger partial charge in [-0.1, -0.05) is 6.07 Å². The number of halogens is 1. The van der Waals surface area contributed by atoms with Gasteiger partial charge in [-0.3, -0.25) is 4.79 Å². The fourth-order valence-corrected chi connectivity index (χ4v) is 1.98. The molecule has 1 aliphatic heterocycles. The monoisotopic (exact) mass is 295 g/mol. The number of carbonyl (C=O) groups excluding carboxylic acids is 2. The number of hydrogen-bond acceptors (Lipinski definition) is 4. The molecular weight excluding hydrogens is 277 g/mol. The third kappa shape index (κ3) is 4.01. The van der Waals surface area contributed by atoms with E-state index in [-0.39, 0.29) is 0 Å². The van der Waals surface area contributed by atoms with Gasteiger partial charge in [-0.05, 0) is 44.4 Å². The molecule has 0 unspecified atom stereocenters. The van der Waals surface area contributed by atoms with Gasteiger partial charge in [0.25, 0.3) is 5.91 Å². The van der Waals surface area contributed by atoms with Crippen LogP contribution in [0.2, 0.25) is 0 Å². The maximum Gasteiger partial charge on any atom is 0.336 e. The Morgan fingerprint density at radius 1 is 1.48 bits per heavy atom. The predicted octanol–water partition coefficient (Wildman–Crippen LogP) is 2.18. The Labute approximate surface area is 122 Å². The van der Waals surface area contributed by atoms with E-state index in [1.165, 1.54) is 13.0 Å². The zero-order valence-electron chi connectivity index (χ0n) is 12.0. The normalized spacial score (nSPS) is 19.1. The van der Waals surface area contributed by atoms with Crippen molar-refractivity contribution in [2.75, 3.05) is 11.9 Å². The van der Waals surface area contributed by atoms with Crippen molar-refractivity contribution in [3.8, 4) is 0 Å². The highest BCUT2D eigenvalue weighted by atomic mass is 19.1. The molecule has 0 bridgehead atoms. The Kier molecular flexibility index (Phi) is 4.90. The Morgan fingerprint density at radius 2 is 2.24 bits per heavy atom. The minimum Gasteiger partial charge on any atom is -0.451 e. The number of ether oxygens (including phenoxy) is 2. The molecule has 1 aliphatic rings. The number of nitrogens with one attached hydrogen (secondary N) is 1. The van der Waals surface area contributed by atoms with Crippen molar-refractivity contribution in [2.45, 2.75) is 38.9 Å². The van der Waals surface area contributed by atoms with Gasteiger partial charge in [0.1, 0.15) is 5.82 Å².